The van der Waals surface area contributed by atoms with E-state index in [1.54, 1.807) is 11.8 Å². The number of piperidine rings is 1. The van der Waals surface area contributed by atoms with Crippen molar-refractivity contribution in [2.24, 2.45) is 16.6 Å². The molecular formula is C16H28N2O3. The average molecular weight is 296 g/mol. The molecular weight excluding hydrogens is 268 g/mol. The highest BCUT2D eigenvalue weighted by atomic mass is 16.4. The number of carbonyl (C=O) groups is 2. The molecule has 1 saturated heterocycles. The molecule has 21 heavy (non-hydrogen) atoms. The van der Waals surface area contributed by atoms with Crippen molar-refractivity contribution in [1.29, 1.82) is 0 Å². The second-order valence-electron chi connectivity index (χ2n) is 7.09. The van der Waals surface area contributed by atoms with Gasteiger partial charge in [0.1, 0.15) is 0 Å². The normalized spacial score (nSPS) is 29.7. The molecule has 2 aliphatic rings. The van der Waals surface area contributed by atoms with Crippen molar-refractivity contribution in [2.45, 2.75) is 58.3 Å². The first-order valence-corrected chi connectivity index (χ1v) is 8.16. The number of carboxylic acid groups (broad SMARTS) is 1. The Hall–Kier alpha value is -1.10. The quantitative estimate of drug-likeness (QED) is 0.780. The lowest BCUT2D eigenvalue weighted by atomic mass is 9.76. The number of carboxylic acids is 1. The lowest BCUT2D eigenvalue weighted by molar-refractivity contribution is -0.156. The van der Waals surface area contributed by atoms with E-state index in [1.165, 1.54) is 12.8 Å². The van der Waals surface area contributed by atoms with Crippen molar-refractivity contribution in [1.82, 2.24) is 4.90 Å². The van der Waals surface area contributed by atoms with Gasteiger partial charge in [-0.25, -0.2) is 0 Å². The molecule has 5 heteroatoms. The molecule has 1 saturated carbocycles. The summed E-state index contributed by atoms with van der Waals surface area (Å²) in [5.74, 6) is -0.707. The van der Waals surface area contributed by atoms with Crippen LogP contribution in [-0.4, -0.2) is 41.5 Å². The molecule has 2 rings (SSSR count). The molecule has 120 valence electrons. The first-order chi connectivity index (χ1) is 9.93. The van der Waals surface area contributed by atoms with Crippen LogP contribution in [0.15, 0.2) is 0 Å². The minimum absolute atomic E-state index is 0.0964. The zero-order chi connectivity index (χ0) is 15.5. The molecule has 1 amide bonds. The van der Waals surface area contributed by atoms with Crippen LogP contribution >= 0.6 is 0 Å². The van der Waals surface area contributed by atoms with Gasteiger partial charge in [-0.15, -0.1) is 0 Å². The summed E-state index contributed by atoms with van der Waals surface area (Å²) in [5, 5.41) is 9.41. The molecule has 0 spiro atoms. The van der Waals surface area contributed by atoms with Crippen LogP contribution in [0, 0.1) is 10.8 Å². The summed E-state index contributed by atoms with van der Waals surface area (Å²) < 4.78 is 0. The Bertz CT molecular complexity index is 402. The van der Waals surface area contributed by atoms with Gasteiger partial charge in [-0.3, -0.25) is 9.59 Å². The van der Waals surface area contributed by atoms with Crippen molar-refractivity contribution in [3.05, 3.63) is 0 Å². The molecule has 3 N–H and O–H groups in total. The van der Waals surface area contributed by atoms with Crippen molar-refractivity contribution >= 4 is 11.9 Å². The van der Waals surface area contributed by atoms with E-state index in [-0.39, 0.29) is 5.91 Å². The van der Waals surface area contributed by atoms with E-state index >= 15 is 0 Å². The average Bonchev–Trinajstić information content (AvgIpc) is 2.72. The second kappa shape index (κ2) is 6.34. The smallest absolute Gasteiger partial charge is 0.311 e. The molecule has 1 unspecified atom stereocenters. The van der Waals surface area contributed by atoms with Crippen molar-refractivity contribution < 1.29 is 14.7 Å². The third-order valence-electron chi connectivity index (χ3n) is 5.41. The zero-order valence-electron chi connectivity index (χ0n) is 13.1. The Morgan fingerprint density at radius 2 is 1.71 bits per heavy atom. The van der Waals surface area contributed by atoms with E-state index in [9.17, 15) is 14.7 Å². The van der Waals surface area contributed by atoms with E-state index in [2.05, 4.69) is 0 Å². The highest BCUT2D eigenvalue weighted by molar-refractivity contribution is 5.84. The fraction of sp³-hybridized carbons (Fsp3) is 0.875. The van der Waals surface area contributed by atoms with Crippen LogP contribution in [0.5, 0.6) is 0 Å². The third kappa shape index (κ3) is 3.23. The molecule has 1 aliphatic heterocycles. The Morgan fingerprint density at radius 1 is 1.10 bits per heavy atom. The van der Waals surface area contributed by atoms with Gasteiger partial charge in [0.2, 0.25) is 5.91 Å². The summed E-state index contributed by atoms with van der Waals surface area (Å²) in [5.41, 5.74) is 4.72. The number of carbonyl (C=O) groups excluding carboxylic acids is 1. The minimum Gasteiger partial charge on any atom is -0.481 e. The molecule has 2 fully saturated rings. The number of hydrogen-bond donors (Lipinski definition) is 2. The molecule has 0 bridgehead atoms. The van der Waals surface area contributed by atoms with Gasteiger partial charge >= 0.3 is 5.97 Å². The summed E-state index contributed by atoms with van der Waals surface area (Å²) >= 11 is 0. The first kappa shape index (κ1) is 16.3. The number of amides is 1. The van der Waals surface area contributed by atoms with E-state index in [0.717, 1.165) is 32.1 Å². The van der Waals surface area contributed by atoms with Crippen molar-refractivity contribution in [2.75, 3.05) is 19.6 Å². The van der Waals surface area contributed by atoms with Crippen molar-refractivity contribution in [3.63, 3.8) is 0 Å². The van der Waals surface area contributed by atoms with Crippen LogP contribution in [0.3, 0.4) is 0 Å². The summed E-state index contributed by atoms with van der Waals surface area (Å²) in [6.07, 6.45) is 7.53. The van der Waals surface area contributed by atoms with Crippen LogP contribution < -0.4 is 5.73 Å². The topological polar surface area (TPSA) is 83.6 Å². The molecule has 1 atom stereocenters. The molecule has 0 aromatic rings. The molecule has 0 radical (unpaired) electrons. The Morgan fingerprint density at radius 3 is 2.24 bits per heavy atom. The SMILES string of the molecule is CC1(C(=O)O)CCCN(C(=O)C2(CN)CCCCCC2)C1. The van der Waals surface area contributed by atoms with Gasteiger partial charge in [-0.05, 0) is 32.6 Å². The standard InChI is InChI=1S/C16H28N2O3/c1-15(14(20)21)7-6-10-18(12-15)13(19)16(11-17)8-4-2-3-5-9-16/h2-12,17H2,1H3,(H,20,21). The second-order valence-corrected chi connectivity index (χ2v) is 7.09. The third-order valence-corrected chi connectivity index (χ3v) is 5.41. The number of aliphatic carboxylic acids is 1. The fourth-order valence-corrected chi connectivity index (χ4v) is 3.83. The molecule has 1 aliphatic carbocycles. The lowest BCUT2D eigenvalue weighted by Crippen LogP contribution is -2.54. The minimum atomic E-state index is -0.811. The van der Waals surface area contributed by atoms with Gasteiger partial charge in [0.25, 0.3) is 0 Å². The van der Waals surface area contributed by atoms with Crippen molar-refractivity contribution in [3.8, 4) is 0 Å². The Balaban J connectivity index is 2.15. The zero-order valence-corrected chi connectivity index (χ0v) is 13.1. The summed E-state index contributed by atoms with van der Waals surface area (Å²) in [6, 6.07) is 0. The lowest BCUT2D eigenvalue weighted by Gasteiger charge is -2.42. The predicted octanol–water partition coefficient (Wildman–Crippen LogP) is 2.00. The van der Waals surface area contributed by atoms with Crippen LogP contribution in [0.1, 0.15) is 58.3 Å². The highest BCUT2D eigenvalue weighted by Gasteiger charge is 2.45. The first-order valence-electron chi connectivity index (χ1n) is 8.16. The maximum absolute atomic E-state index is 13.0. The van der Waals surface area contributed by atoms with Gasteiger partial charge in [-0.2, -0.15) is 0 Å². The van der Waals surface area contributed by atoms with E-state index in [4.69, 9.17) is 5.73 Å². The van der Waals surface area contributed by atoms with E-state index in [1.807, 2.05) is 0 Å². The van der Waals surface area contributed by atoms with Crippen LogP contribution in [0.2, 0.25) is 0 Å². The number of nitrogens with two attached hydrogens (primary N) is 1. The maximum atomic E-state index is 13.0. The van der Waals surface area contributed by atoms with Gasteiger partial charge in [-0.1, -0.05) is 25.7 Å². The van der Waals surface area contributed by atoms with Crippen LogP contribution in [-0.2, 0) is 9.59 Å². The van der Waals surface area contributed by atoms with Crippen LogP contribution in [0.4, 0.5) is 0 Å². The maximum Gasteiger partial charge on any atom is 0.311 e. The molecule has 0 aromatic carbocycles. The number of rotatable bonds is 3. The monoisotopic (exact) mass is 296 g/mol. The largest absolute Gasteiger partial charge is 0.481 e. The van der Waals surface area contributed by atoms with E-state index < -0.39 is 16.8 Å². The Kier molecular flexibility index (Phi) is 4.91. The Labute approximate surface area is 126 Å². The van der Waals surface area contributed by atoms with Gasteiger partial charge in [0.15, 0.2) is 0 Å². The van der Waals surface area contributed by atoms with Crippen LogP contribution in [0.25, 0.3) is 0 Å². The van der Waals surface area contributed by atoms with E-state index in [0.29, 0.717) is 26.1 Å². The van der Waals surface area contributed by atoms with Gasteiger partial charge < -0.3 is 15.7 Å². The fourth-order valence-electron chi connectivity index (χ4n) is 3.83. The summed E-state index contributed by atoms with van der Waals surface area (Å²) in [6.45, 7) is 3.12. The molecule has 5 nitrogen and oxygen atoms in total. The van der Waals surface area contributed by atoms with Gasteiger partial charge in [0, 0.05) is 19.6 Å². The summed E-state index contributed by atoms with van der Waals surface area (Å²) in [4.78, 5) is 26.3. The predicted molar refractivity (Wildman–Crippen MR) is 80.7 cm³/mol. The number of likely N-dealkylation sites (tertiary alicyclic amines) is 1. The van der Waals surface area contributed by atoms with Gasteiger partial charge in [0.05, 0.1) is 10.8 Å². The number of nitrogens with zero attached hydrogens (tertiary/aromatic N) is 1. The summed E-state index contributed by atoms with van der Waals surface area (Å²) in [7, 11) is 0. The number of hydrogen-bond acceptors (Lipinski definition) is 3. The highest BCUT2D eigenvalue weighted by Crippen LogP contribution is 2.38. The molecule has 0 aromatic heterocycles. The molecule has 1 heterocycles.